The topological polar surface area (TPSA) is 70.9 Å². The van der Waals surface area contributed by atoms with Crippen LogP contribution < -0.4 is 0 Å². The fourth-order valence-corrected chi connectivity index (χ4v) is 2.38. The van der Waals surface area contributed by atoms with Crippen molar-refractivity contribution in [2.45, 2.75) is 0 Å². The second-order valence-corrected chi connectivity index (χ2v) is 4.66. The molecule has 0 spiro atoms. The van der Waals surface area contributed by atoms with Gasteiger partial charge >= 0.3 is 5.97 Å². The first-order chi connectivity index (χ1) is 9.08. The minimum Gasteiger partial charge on any atom is -0.478 e. The van der Waals surface area contributed by atoms with Gasteiger partial charge in [0.1, 0.15) is 5.56 Å². The maximum Gasteiger partial charge on any atom is 0.339 e. The number of halogens is 1. The minimum atomic E-state index is -0.994. The molecule has 3 aromatic rings. The van der Waals surface area contributed by atoms with Crippen LogP contribution >= 0.6 is 11.6 Å². The Morgan fingerprint density at radius 3 is 3.00 bits per heavy atom. The molecule has 19 heavy (non-hydrogen) atoms. The number of H-pyrrole nitrogens is 1. The molecule has 0 atom stereocenters. The van der Waals surface area contributed by atoms with Gasteiger partial charge < -0.3 is 10.1 Å². The quantitative estimate of drug-likeness (QED) is 0.755. The number of nitrogens with one attached hydrogen (secondary N) is 1. The molecule has 0 aliphatic rings. The Bertz CT molecular complexity index is 788. The van der Waals surface area contributed by atoms with Gasteiger partial charge in [0.05, 0.1) is 11.9 Å². The molecule has 0 bridgehead atoms. The normalized spacial score (nSPS) is 11.1. The largest absolute Gasteiger partial charge is 0.478 e. The highest BCUT2D eigenvalue weighted by atomic mass is 35.5. The van der Waals surface area contributed by atoms with Crippen LogP contribution in [-0.4, -0.2) is 25.8 Å². The third kappa shape index (κ3) is 1.79. The van der Waals surface area contributed by atoms with E-state index < -0.39 is 5.97 Å². The molecule has 0 aliphatic carbocycles. The maximum absolute atomic E-state index is 11.2. The van der Waals surface area contributed by atoms with Crippen LogP contribution in [0.15, 0.2) is 30.6 Å². The van der Waals surface area contributed by atoms with Crippen LogP contribution in [-0.2, 0) is 7.05 Å². The van der Waals surface area contributed by atoms with E-state index in [1.165, 1.54) is 6.20 Å². The van der Waals surface area contributed by atoms with Crippen molar-refractivity contribution in [3.63, 3.8) is 0 Å². The van der Waals surface area contributed by atoms with E-state index in [2.05, 4.69) is 10.1 Å². The van der Waals surface area contributed by atoms with E-state index in [9.17, 15) is 9.90 Å². The summed E-state index contributed by atoms with van der Waals surface area (Å²) < 4.78 is 1.56. The highest BCUT2D eigenvalue weighted by molar-refractivity contribution is 6.31. The van der Waals surface area contributed by atoms with Gasteiger partial charge in [0, 0.05) is 34.7 Å². The van der Waals surface area contributed by atoms with E-state index in [1.54, 1.807) is 30.1 Å². The molecule has 0 saturated carbocycles. The summed E-state index contributed by atoms with van der Waals surface area (Å²) in [5.41, 5.74) is 2.41. The Kier molecular flexibility index (Phi) is 2.57. The number of aromatic carboxylic acids is 1. The molecule has 2 heterocycles. The second kappa shape index (κ2) is 4.13. The Balaban J connectivity index is 2.31. The lowest BCUT2D eigenvalue weighted by molar-refractivity contribution is 0.0697. The van der Waals surface area contributed by atoms with Crippen molar-refractivity contribution in [3.8, 4) is 11.3 Å². The number of aromatic amines is 1. The third-order valence-corrected chi connectivity index (χ3v) is 3.30. The lowest BCUT2D eigenvalue weighted by Crippen LogP contribution is -2.00. The van der Waals surface area contributed by atoms with Crippen molar-refractivity contribution in [2.24, 2.45) is 7.05 Å². The Morgan fingerprint density at radius 2 is 2.26 bits per heavy atom. The number of rotatable bonds is 2. The summed E-state index contributed by atoms with van der Waals surface area (Å²) in [6.45, 7) is 0. The van der Waals surface area contributed by atoms with Gasteiger partial charge in [0.25, 0.3) is 0 Å². The van der Waals surface area contributed by atoms with Crippen molar-refractivity contribution in [1.29, 1.82) is 0 Å². The summed E-state index contributed by atoms with van der Waals surface area (Å²) in [5, 5.41) is 14.8. The van der Waals surface area contributed by atoms with Crippen molar-refractivity contribution in [3.05, 3.63) is 41.2 Å². The molecular formula is C13H10ClN3O2. The average Bonchev–Trinajstić information content (AvgIpc) is 2.91. The molecule has 0 amide bonds. The van der Waals surface area contributed by atoms with Crippen LogP contribution in [0.5, 0.6) is 0 Å². The van der Waals surface area contributed by atoms with Crippen molar-refractivity contribution in [2.75, 3.05) is 0 Å². The summed E-state index contributed by atoms with van der Waals surface area (Å²) >= 11 is 5.93. The number of aromatic nitrogens is 3. The molecule has 96 valence electrons. The van der Waals surface area contributed by atoms with Gasteiger partial charge in [0.2, 0.25) is 0 Å². The van der Waals surface area contributed by atoms with Crippen molar-refractivity contribution < 1.29 is 9.90 Å². The van der Waals surface area contributed by atoms with Gasteiger partial charge in [-0.3, -0.25) is 4.68 Å². The highest BCUT2D eigenvalue weighted by Crippen LogP contribution is 2.31. The lowest BCUT2D eigenvalue weighted by atomic mass is 10.1. The van der Waals surface area contributed by atoms with Crippen LogP contribution in [0.1, 0.15) is 10.4 Å². The standard InChI is InChI=1S/C13H10ClN3O2/c1-17-12(10(6-16-17)13(18)19)9-5-15-11-4-7(14)2-3-8(9)11/h2-6,15H,1H3,(H,18,19). The number of fused-ring (bicyclic) bond motifs is 1. The number of benzene rings is 1. The second-order valence-electron chi connectivity index (χ2n) is 4.23. The van der Waals surface area contributed by atoms with E-state index in [0.717, 1.165) is 16.5 Å². The van der Waals surface area contributed by atoms with Gasteiger partial charge in [0.15, 0.2) is 0 Å². The molecule has 5 nitrogen and oxygen atoms in total. The van der Waals surface area contributed by atoms with E-state index in [4.69, 9.17) is 11.6 Å². The number of hydrogen-bond donors (Lipinski definition) is 2. The molecule has 1 aromatic carbocycles. The zero-order valence-electron chi connectivity index (χ0n) is 10.0. The Labute approximate surface area is 113 Å². The maximum atomic E-state index is 11.2. The Morgan fingerprint density at radius 1 is 1.47 bits per heavy atom. The number of hydrogen-bond acceptors (Lipinski definition) is 2. The number of carbonyl (C=O) groups is 1. The summed E-state index contributed by atoms with van der Waals surface area (Å²) in [6.07, 6.45) is 3.12. The predicted molar refractivity (Wildman–Crippen MR) is 72.5 cm³/mol. The summed E-state index contributed by atoms with van der Waals surface area (Å²) in [7, 11) is 1.72. The fourth-order valence-electron chi connectivity index (χ4n) is 2.21. The van der Waals surface area contributed by atoms with E-state index in [1.807, 2.05) is 6.07 Å². The van der Waals surface area contributed by atoms with Crippen LogP contribution in [0.3, 0.4) is 0 Å². The summed E-state index contributed by atoms with van der Waals surface area (Å²) in [5.74, 6) is -0.994. The molecule has 0 fully saturated rings. The zero-order valence-corrected chi connectivity index (χ0v) is 10.8. The lowest BCUT2D eigenvalue weighted by Gasteiger charge is -2.02. The number of aryl methyl sites for hydroxylation is 1. The zero-order chi connectivity index (χ0) is 13.6. The first-order valence-electron chi connectivity index (χ1n) is 5.60. The van der Waals surface area contributed by atoms with Gasteiger partial charge in [-0.25, -0.2) is 4.79 Å². The smallest absolute Gasteiger partial charge is 0.339 e. The number of nitrogens with zero attached hydrogens (tertiary/aromatic N) is 2. The van der Waals surface area contributed by atoms with E-state index in [-0.39, 0.29) is 5.56 Å². The summed E-state index contributed by atoms with van der Waals surface area (Å²) in [4.78, 5) is 14.3. The number of carboxylic acid groups (broad SMARTS) is 1. The van der Waals surface area contributed by atoms with Crippen LogP contribution in [0.4, 0.5) is 0 Å². The molecular weight excluding hydrogens is 266 g/mol. The van der Waals surface area contributed by atoms with E-state index in [0.29, 0.717) is 10.7 Å². The van der Waals surface area contributed by atoms with Crippen molar-refractivity contribution >= 4 is 28.5 Å². The number of carboxylic acids is 1. The molecule has 3 rings (SSSR count). The van der Waals surface area contributed by atoms with Crippen molar-refractivity contribution in [1.82, 2.24) is 14.8 Å². The minimum absolute atomic E-state index is 0.179. The fraction of sp³-hybridized carbons (Fsp3) is 0.0769. The predicted octanol–water partition coefficient (Wildman–Crippen LogP) is 2.92. The molecule has 2 N–H and O–H groups in total. The van der Waals surface area contributed by atoms with E-state index >= 15 is 0 Å². The van der Waals surface area contributed by atoms with Gasteiger partial charge in [-0.15, -0.1) is 0 Å². The van der Waals surface area contributed by atoms with Gasteiger partial charge in [-0.05, 0) is 12.1 Å². The molecule has 0 unspecified atom stereocenters. The first kappa shape index (κ1) is 11.8. The molecule has 0 aliphatic heterocycles. The molecule has 0 radical (unpaired) electrons. The van der Waals surface area contributed by atoms with Gasteiger partial charge in [-0.2, -0.15) is 5.10 Å². The van der Waals surface area contributed by atoms with Gasteiger partial charge in [-0.1, -0.05) is 17.7 Å². The van der Waals surface area contributed by atoms with Crippen LogP contribution in [0.2, 0.25) is 5.02 Å². The highest BCUT2D eigenvalue weighted by Gasteiger charge is 2.19. The molecule has 6 heteroatoms. The SMILES string of the molecule is Cn1ncc(C(=O)O)c1-c1c[nH]c2cc(Cl)ccc12. The van der Waals surface area contributed by atoms with Crippen LogP contribution in [0, 0.1) is 0 Å². The van der Waals surface area contributed by atoms with Crippen LogP contribution in [0.25, 0.3) is 22.2 Å². The third-order valence-electron chi connectivity index (χ3n) is 3.07. The summed E-state index contributed by atoms with van der Waals surface area (Å²) in [6, 6.07) is 5.44. The first-order valence-corrected chi connectivity index (χ1v) is 5.98. The molecule has 0 saturated heterocycles. The molecule has 2 aromatic heterocycles. The Hall–Kier alpha value is -2.27. The monoisotopic (exact) mass is 275 g/mol. The average molecular weight is 276 g/mol.